The number of ether oxygens (including phenoxy) is 2. The number of carbonyl (C=O) groups is 1. The van der Waals surface area contributed by atoms with Crippen molar-refractivity contribution in [1.82, 2.24) is 0 Å². The second kappa shape index (κ2) is 6.42. The minimum Gasteiger partial charge on any atom is -0.497 e. The Morgan fingerprint density at radius 2 is 1.96 bits per heavy atom. The highest BCUT2D eigenvalue weighted by atomic mass is 16.5. The zero-order valence-corrected chi connectivity index (χ0v) is 15.3. The molecule has 0 saturated carbocycles. The molecule has 128 valence electrons. The summed E-state index contributed by atoms with van der Waals surface area (Å²) in [5, 5.41) is 0. The SMILES string of the molecule is COC(=O)[C@H](C(C)C)N1c2cc(OC)ccc2[C@@H](C)CC1(C)C. The molecule has 0 amide bonds. The third-order valence-electron chi connectivity index (χ3n) is 4.84. The van der Waals surface area contributed by atoms with Gasteiger partial charge in [0.2, 0.25) is 0 Å². The molecular formula is C19H29NO3. The minimum absolute atomic E-state index is 0.137. The fraction of sp³-hybridized carbons (Fsp3) is 0.632. The van der Waals surface area contributed by atoms with Crippen LogP contribution in [0.25, 0.3) is 0 Å². The van der Waals surface area contributed by atoms with Gasteiger partial charge in [0, 0.05) is 17.3 Å². The average Bonchev–Trinajstić information content (AvgIpc) is 2.49. The molecule has 2 rings (SSSR count). The van der Waals surface area contributed by atoms with E-state index in [1.807, 2.05) is 12.1 Å². The maximum Gasteiger partial charge on any atom is 0.328 e. The summed E-state index contributed by atoms with van der Waals surface area (Å²) in [5.74, 6) is 1.21. The molecule has 0 radical (unpaired) electrons. The summed E-state index contributed by atoms with van der Waals surface area (Å²) in [6, 6.07) is 5.85. The van der Waals surface area contributed by atoms with Crippen molar-refractivity contribution in [2.45, 2.75) is 58.5 Å². The van der Waals surface area contributed by atoms with Crippen molar-refractivity contribution in [1.29, 1.82) is 0 Å². The molecule has 0 spiro atoms. The molecule has 0 N–H and O–H groups in total. The summed E-state index contributed by atoms with van der Waals surface area (Å²) in [7, 11) is 3.13. The Morgan fingerprint density at radius 3 is 2.48 bits per heavy atom. The lowest BCUT2D eigenvalue weighted by atomic mass is 9.78. The van der Waals surface area contributed by atoms with Crippen LogP contribution < -0.4 is 9.64 Å². The minimum atomic E-state index is -0.312. The van der Waals surface area contributed by atoms with Gasteiger partial charge in [-0.1, -0.05) is 26.8 Å². The molecule has 1 aromatic rings. The van der Waals surface area contributed by atoms with Crippen LogP contribution in [0.15, 0.2) is 18.2 Å². The number of nitrogens with zero attached hydrogens (tertiary/aromatic N) is 1. The third kappa shape index (κ3) is 3.17. The summed E-state index contributed by atoms with van der Waals surface area (Å²) >= 11 is 0. The predicted molar refractivity (Wildman–Crippen MR) is 93.2 cm³/mol. The molecule has 1 aliphatic rings. The molecule has 1 aliphatic heterocycles. The van der Waals surface area contributed by atoms with Crippen molar-refractivity contribution in [3.63, 3.8) is 0 Å². The van der Waals surface area contributed by atoms with E-state index in [4.69, 9.17) is 9.47 Å². The number of fused-ring (bicyclic) bond motifs is 1. The molecule has 4 heteroatoms. The van der Waals surface area contributed by atoms with Gasteiger partial charge in [0.05, 0.1) is 14.2 Å². The lowest BCUT2D eigenvalue weighted by molar-refractivity contribution is -0.143. The van der Waals surface area contributed by atoms with Crippen LogP contribution in [0.3, 0.4) is 0 Å². The molecule has 0 aliphatic carbocycles. The first kappa shape index (κ1) is 17.6. The monoisotopic (exact) mass is 319 g/mol. The standard InChI is InChI=1S/C19H29NO3/c1-12(2)17(18(21)23-7)20-16-10-14(22-6)8-9-15(16)13(3)11-19(20,4)5/h8-10,12-13,17H,11H2,1-7H3/t13-,17-/m0/s1. The van der Waals surface area contributed by atoms with E-state index < -0.39 is 0 Å². The molecule has 23 heavy (non-hydrogen) atoms. The van der Waals surface area contributed by atoms with Gasteiger partial charge in [-0.05, 0) is 43.7 Å². The molecule has 4 nitrogen and oxygen atoms in total. The van der Waals surface area contributed by atoms with Gasteiger partial charge in [0.25, 0.3) is 0 Å². The smallest absolute Gasteiger partial charge is 0.328 e. The molecular weight excluding hydrogens is 290 g/mol. The van der Waals surface area contributed by atoms with Gasteiger partial charge in [-0.2, -0.15) is 0 Å². The first-order chi connectivity index (χ1) is 10.7. The van der Waals surface area contributed by atoms with Crippen LogP contribution in [0.5, 0.6) is 5.75 Å². The van der Waals surface area contributed by atoms with E-state index in [0.717, 1.165) is 17.9 Å². The summed E-state index contributed by atoms with van der Waals surface area (Å²) < 4.78 is 10.5. The first-order valence-electron chi connectivity index (χ1n) is 8.28. The van der Waals surface area contributed by atoms with Gasteiger partial charge in [-0.15, -0.1) is 0 Å². The van der Waals surface area contributed by atoms with Crippen molar-refractivity contribution in [2.24, 2.45) is 5.92 Å². The molecule has 2 atom stereocenters. The Labute approximate surface area is 139 Å². The highest BCUT2D eigenvalue weighted by Crippen LogP contribution is 2.46. The Hall–Kier alpha value is -1.71. The quantitative estimate of drug-likeness (QED) is 0.787. The number of benzene rings is 1. The second-order valence-corrected chi connectivity index (χ2v) is 7.42. The summed E-state index contributed by atoms with van der Waals surface area (Å²) in [6.07, 6.45) is 0.993. The van der Waals surface area contributed by atoms with Crippen LogP contribution in [0.1, 0.15) is 52.5 Å². The number of anilines is 1. The van der Waals surface area contributed by atoms with Crippen molar-refractivity contribution in [3.05, 3.63) is 23.8 Å². The number of hydrogen-bond donors (Lipinski definition) is 0. The van der Waals surface area contributed by atoms with Crippen molar-refractivity contribution >= 4 is 11.7 Å². The van der Waals surface area contributed by atoms with E-state index in [-0.39, 0.29) is 23.5 Å². The molecule has 0 unspecified atom stereocenters. The molecule has 0 bridgehead atoms. The maximum atomic E-state index is 12.5. The zero-order chi connectivity index (χ0) is 17.4. The number of rotatable bonds is 4. The van der Waals surface area contributed by atoms with Crippen LogP contribution in [0.4, 0.5) is 5.69 Å². The van der Waals surface area contributed by atoms with E-state index in [1.54, 1.807) is 7.11 Å². The Bertz CT molecular complexity index is 580. The number of esters is 1. The summed E-state index contributed by atoms with van der Waals surface area (Å²) in [6.45, 7) is 10.8. The third-order valence-corrected chi connectivity index (χ3v) is 4.84. The average molecular weight is 319 g/mol. The van der Waals surface area contributed by atoms with Crippen LogP contribution >= 0.6 is 0 Å². The molecule has 0 saturated heterocycles. The highest BCUT2D eigenvalue weighted by molar-refractivity contribution is 5.82. The van der Waals surface area contributed by atoms with Gasteiger partial charge in [0.15, 0.2) is 0 Å². The fourth-order valence-corrected chi connectivity index (χ4v) is 3.88. The van der Waals surface area contributed by atoms with Crippen molar-refractivity contribution < 1.29 is 14.3 Å². The molecule has 0 aromatic heterocycles. The van der Waals surface area contributed by atoms with Gasteiger partial charge in [-0.3, -0.25) is 0 Å². The van der Waals surface area contributed by atoms with E-state index in [2.05, 4.69) is 45.6 Å². The number of methoxy groups -OCH3 is 2. The normalized spacial score (nSPS) is 20.9. The van der Waals surface area contributed by atoms with Crippen molar-refractivity contribution in [2.75, 3.05) is 19.1 Å². The van der Waals surface area contributed by atoms with E-state index in [0.29, 0.717) is 5.92 Å². The van der Waals surface area contributed by atoms with Crippen molar-refractivity contribution in [3.8, 4) is 5.75 Å². The van der Waals surface area contributed by atoms with Crippen LogP contribution in [-0.4, -0.2) is 31.8 Å². The summed E-state index contributed by atoms with van der Waals surface area (Å²) in [4.78, 5) is 14.7. The van der Waals surface area contributed by atoms with E-state index in [9.17, 15) is 4.79 Å². The topological polar surface area (TPSA) is 38.8 Å². The molecule has 1 heterocycles. The van der Waals surface area contributed by atoms with Crippen LogP contribution in [0, 0.1) is 5.92 Å². The Morgan fingerprint density at radius 1 is 1.30 bits per heavy atom. The second-order valence-electron chi connectivity index (χ2n) is 7.42. The van der Waals surface area contributed by atoms with E-state index >= 15 is 0 Å². The van der Waals surface area contributed by atoms with Crippen LogP contribution in [0.2, 0.25) is 0 Å². The largest absolute Gasteiger partial charge is 0.497 e. The van der Waals surface area contributed by atoms with Crippen LogP contribution in [-0.2, 0) is 9.53 Å². The lowest BCUT2D eigenvalue weighted by Gasteiger charge is -2.51. The maximum absolute atomic E-state index is 12.5. The molecule has 0 fully saturated rings. The Kier molecular flexibility index (Phi) is 4.92. The van der Waals surface area contributed by atoms with Gasteiger partial charge >= 0.3 is 5.97 Å². The lowest BCUT2D eigenvalue weighted by Crippen LogP contribution is -2.58. The number of hydrogen-bond acceptors (Lipinski definition) is 4. The van der Waals surface area contributed by atoms with Gasteiger partial charge in [-0.25, -0.2) is 4.79 Å². The number of carbonyl (C=O) groups excluding carboxylic acids is 1. The first-order valence-corrected chi connectivity index (χ1v) is 8.28. The Balaban J connectivity index is 2.64. The zero-order valence-electron chi connectivity index (χ0n) is 15.3. The highest BCUT2D eigenvalue weighted by Gasteiger charge is 2.44. The van der Waals surface area contributed by atoms with E-state index in [1.165, 1.54) is 12.7 Å². The fourth-order valence-electron chi connectivity index (χ4n) is 3.88. The summed E-state index contributed by atoms with van der Waals surface area (Å²) in [5.41, 5.74) is 2.21. The molecule has 1 aromatic carbocycles. The van der Waals surface area contributed by atoms with Gasteiger partial charge < -0.3 is 14.4 Å². The van der Waals surface area contributed by atoms with Gasteiger partial charge in [0.1, 0.15) is 11.8 Å². The predicted octanol–water partition coefficient (Wildman–Crippen LogP) is 3.99.